The Hall–Kier alpha value is -4.09. The van der Waals surface area contributed by atoms with Gasteiger partial charge >= 0.3 is 6.03 Å². The lowest BCUT2D eigenvalue weighted by molar-refractivity contribution is 0.0256. The van der Waals surface area contributed by atoms with E-state index >= 15 is 0 Å². The van der Waals surface area contributed by atoms with Crippen LogP contribution in [0.5, 0.6) is 5.75 Å². The predicted molar refractivity (Wildman–Crippen MR) is 119 cm³/mol. The van der Waals surface area contributed by atoms with E-state index in [1.165, 1.54) is 23.3 Å². The second-order valence-corrected chi connectivity index (χ2v) is 8.24. The Balaban J connectivity index is 1.25. The van der Waals surface area contributed by atoms with Gasteiger partial charge in [-0.3, -0.25) is 14.6 Å². The van der Waals surface area contributed by atoms with Crippen molar-refractivity contribution in [2.24, 2.45) is 12.1 Å². The zero-order valence-corrected chi connectivity index (χ0v) is 18.5. The van der Waals surface area contributed by atoms with Crippen LogP contribution in [0.4, 0.5) is 19.4 Å². The van der Waals surface area contributed by atoms with Crippen molar-refractivity contribution in [1.29, 1.82) is 0 Å². The first-order valence-electron chi connectivity index (χ1n) is 10.6. The van der Waals surface area contributed by atoms with Gasteiger partial charge in [0.15, 0.2) is 11.6 Å². The number of hydrazone groups is 1. The fourth-order valence-electron chi connectivity index (χ4n) is 4.13. The summed E-state index contributed by atoms with van der Waals surface area (Å²) in [5.74, 6) is -0.679. The highest BCUT2D eigenvalue weighted by Crippen LogP contribution is 2.32. The topological polar surface area (TPSA) is 115 Å². The SMILES string of the molecule is Cc1c(N)nn(C)c1-c1cc(OC2CN(C(=O)N3N=CC[C@H]3c3cncc(F)c3)C2)c(F)cn1. The Morgan fingerprint density at radius 2 is 2.00 bits per heavy atom. The number of hydrogen-bond donors (Lipinski definition) is 1. The van der Waals surface area contributed by atoms with E-state index in [1.807, 2.05) is 6.92 Å². The van der Waals surface area contributed by atoms with E-state index < -0.39 is 23.8 Å². The van der Waals surface area contributed by atoms with Gasteiger partial charge in [0, 0.05) is 37.5 Å². The summed E-state index contributed by atoms with van der Waals surface area (Å²) in [6.07, 6.45) is 5.40. The Bertz CT molecular complexity index is 1290. The molecule has 0 spiro atoms. The highest BCUT2D eigenvalue weighted by Gasteiger charge is 2.39. The minimum atomic E-state index is -0.607. The van der Waals surface area contributed by atoms with Gasteiger partial charge in [0.1, 0.15) is 17.7 Å². The quantitative estimate of drug-likeness (QED) is 0.630. The van der Waals surface area contributed by atoms with Crippen LogP contribution >= 0.6 is 0 Å². The molecular weight excluding hydrogens is 446 g/mol. The van der Waals surface area contributed by atoms with Crippen LogP contribution < -0.4 is 10.5 Å². The summed E-state index contributed by atoms with van der Waals surface area (Å²) >= 11 is 0. The van der Waals surface area contributed by atoms with E-state index in [0.717, 1.165) is 18.0 Å². The highest BCUT2D eigenvalue weighted by atomic mass is 19.1. The molecule has 1 saturated heterocycles. The van der Waals surface area contributed by atoms with E-state index in [0.29, 0.717) is 29.2 Å². The second-order valence-electron chi connectivity index (χ2n) is 8.24. The van der Waals surface area contributed by atoms with Gasteiger partial charge in [0.25, 0.3) is 0 Å². The molecule has 3 aromatic rings. The fourth-order valence-corrected chi connectivity index (χ4v) is 4.13. The monoisotopic (exact) mass is 468 g/mol. The van der Waals surface area contributed by atoms with E-state index in [4.69, 9.17) is 10.5 Å². The summed E-state index contributed by atoms with van der Waals surface area (Å²) in [6.45, 7) is 2.33. The summed E-state index contributed by atoms with van der Waals surface area (Å²) in [5, 5.41) is 9.63. The van der Waals surface area contributed by atoms with Crippen molar-refractivity contribution < 1.29 is 18.3 Å². The summed E-state index contributed by atoms with van der Waals surface area (Å²) in [6, 6.07) is 2.09. The van der Waals surface area contributed by atoms with Crippen molar-refractivity contribution in [1.82, 2.24) is 29.7 Å². The smallest absolute Gasteiger partial charge is 0.341 e. The van der Waals surface area contributed by atoms with Crippen molar-refractivity contribution in [3.05, 3.63) is 53.5 Å². The van der Waals surface area contributed by atoms with E-state index in [2.05, 4.69) is 20.2 Å². The van der Waals surface area contributed by atoms with E-state index in [9.17, 15) is 13.6 Å². The van der Waals surface area contributed by atoms with Gasteiger partial charge in [0.2, 0.25) is 0 Å². The van der Waals surface area contributed by atoms with E-state index in [1.54, 1.807) is 22.8 Å². The largest absolute Gasteiger partial charge is 0.483 e. The van der Waals surface area contributed by atoms with Gasteiger partial charge in [0.05, 0.1) is 42.9 Å². The van der Waals surface area contributed by atoms with Crippen molar-refractivity contribution in [2.75, 3.05) is 18.8 Å². The minimum absolute atomic E-state index is 0.0316. The summed E-state index contributed by atoms with van der Waals surface area (Å²) in [7, 11) is 1.73. The lowest BCUT2D eigenvalue weighted by atomic mass is 10.1. The molecule has 12 heteroatoms. The normalized spacial score (nSPS) is 17.8. The Labute approximate surface area is 193 Å². The number of carbonyl (C=O) groups is 1. The Morgan fingerprint density at radius 1 is 1.21 bits per heavy atom. The molecular formula is C22H22F2N8O2. The number of rotatable bonds is 4. The molecule has 5 rings (SSSR count). The van der Waals surface area contributed by atoms with Crippen LogP contribution in [0, 0.1) is 18.6 Å². The maximum Gasteiger partial charge on any atom is 0.341 e. The summed E-state index contributed by atoms with van der Waals surface area (Å²) < 4.78 is 35.4. The number of aryl methyl sites for hydroxylation is 1. The maximum atomic E-state index is 14.4. The number of anilines is 1. The third-order valence-corrected chi connectivity index (χ3v) is 5.93. The number of nitrogens with zero attached hydrogens (tertiary/aromatic N) is 7. The van der Waals surface area contributed by atoms with Crippen molar-refractivity contribution >= 4 is 18.1 Å². The van der Waals surface area contributed by atoms with Crippen LogP contribution in [-0.2, 0) is 7.05 Å². The Kier molecular flexibility index (Phi) is 5.34. The molecule has 0 unspecified atom stereocenters. The molecule has 2 N–H and O–H groups in total. The molecule has 1 atom stereocenters. The number of carbonyl (C=O) groups excluding carboxylic acids is 1. The van der Waals surface area contributed by atoms with Gasteiger partial charge in [-0.25, -0.2) is 18.6 Å². The average molecular weight is 468 g/mol. The molecule has 1 fully saturated rings. The summed E-state index contributed by atoms with van der Waals surface area (Å²) in [4.78, 5) is 22.5. The van der Waals surface area contributed by atoms with Gasteiger partial charge in [-0.15, -0.1) is 0 Å². The van der Waals surface area contributed by atoms with Crippen LogP contribution in [0.15, 0.2) is 35.8 Å². The maximum absolute atomic E-state index is 14.4. The number of pyridine rings is 2. The zero-order valence-electron chi connectivity index (χ0n) is 18.5. The first kappa shape index (κ1) is 21.7. The molecule has 2 amide bonds. The average Bonchev–Trinajstić information content (AvgIpc) is 3.36. The molecule has 2 aliphatic heterocycles. The van der Waals surface area contributed by atoms with Crippen LogP contribution in [0.1, 0.15) is 23.6 Å². The highest BCUT2D eigenvalue weighted by molar-refractivity contribution is 5.79. The zero-order chi connectivity index (χ0) is 24.0. The summed E-state index contributed by atoms with van der Waals surface area (Å²) in [5.41, 5.74) is 8.32. The molecule has 0 saturated carbocycles. The van der Waals surface area contributed by atoms with Crippen LogP contribution in [-0.4, -0.2) is 61.1 Å². The van der Waals surface area contributed by atoms with Gasteiger partial charge in [-0.05, 0) is 18.6 Å². The number of likely N-dealkylation sites (tertiary alicyclic amines) is 1. The predicted octanol–water partition coefficient (Wildman–Crippen LogP) is 2.66. The Morgan fingerprint density at radius 3 is 2.71 bits per heavy atom. The van der Waals surface area contributed by atoms with Crippen LogP contribution in [0.3, 0.4) is 0 Å². The van der Waals surface area contributed by atoms with E-state index in [-0.39, 0.29) is 24.9 Å². The van der Waals surface area contributed by atoms with Gasteiger partial charge in [-0.2, -0.15) is 10.2 Å². The molecule has 0 aromatic carbocycles. The first-order valence-corrected chi connectivity index (χ1v) is 10.6. The molecule has 5 heterocycles. The van der Waals surface area contributed by atoms with Crippen LogP contribution in [0.25, 0.3) is 11.4 Å². The molecule has 10 nitrogen and oxygen atoms in total. The van der Waals surface area contributed by atoms with Crippen LogP contribution in [0.2, 0.25) is 0 Å². The number of nitrogen functional groups attached to an aromatic ring is 1. The number of nitrogens with two attached hydrogens (primary N) is 1. The first-order chi connectivity index (χ1) is 16.3. The third-order valence-electron chi connectivity index (χ3n) is 5.93. The molecule has 3 aromatic heterocycles. The van der Waals surface area contributed by atoms with Crippen molar-refractivity contribution in [2.45, 2.75) is 25.5 Å². The lowest BCUT2D eigenvalue weighted by Gasteiger charge is -2.41. The number of amides is 2. The number of aromatic nitrogens is 4. The minimum Gasteiger partial charge on any atom is -0.483 e. The second kappa shape index (κ2) is 8.36. The number of ether oxygens (including phenoxy) is 1. The third kappa shape index (κ3) is 3.80. The fraction of sp³-hybridized carbons (Fsp3) is 0.318. The van der Waals surface area contributed by atoms with Crippen molar-refractivity contribution in [3.63, 3.8) is 0 Å². The van der Waals surface area contributed by atoms with Gasteiger partial charge in [-0.1, -0.05) is 0 Å². The molecule has 0 aliphatic carbocycles. The molecule has 176 valence electrons. The number of halogens is 2. The van der Waals surface area contributed by atoms with Gasteiger partial charge < -0.3 is 15.4 Å². The molecule has 0 radical (unpaired) electrons. The lowest BCUT2D eigenvalue weighted by Crippen LogP contribution is -2.58. The molecule has 2 aliphatic rings. The molecule has 34 heavy (non-hydrogen) atoms. The molecule has 0 bridgehead atoms. The number of urea groups is 1. The van der Waals surface area contributed by atoms with Crippen molar-refractivity contribution in [3.8, 4) is 17.1 Å². The standard InChI is InChI=1S/C22H22F2N8O2/c1-12-20(30(2)29-21(12)25)17-6-19(16(24)9-27-17)34-15-10-31(11-15)22(33)32-18(3-4-28-32)13-5-14(23)8-26-7-13/h4-9,15,18H,3,10-11H2,1-2H3,(H2,25,29)/t18-/m0/s1. The number of hydrogen-bond acceptors (Lipinski definition) is 7.